The maximum Gasteiger partial charge on any atom is 0.264 e. The zero-order valence-electron chi connectivity index (χ0n) is 13.8. The second kappa shape index (κ2) is 8.60. The molecule has 25 heavy (non-hydrogen) atoms. The molecule has 0 atom stereocenters. The van der Waals surface area contributed by atoms with Crippen LogP contribution in [0.4, 0.5) is 5.69 Å². The van der Waals surface area contributed by atoms with E-state index in [2.05, 4.69) is 26.1 Å². The number of thiophene rings is 1. The fourth-order valence-corrected chi connectivity index (χ4v) is 3.70. The second-order valence-corrected chi connectivity index (χ2v) is 7.78. The van der Waals surface area contributed by atoms with Gasteiger partial charge < -0.3 is 10.2 Å². The van der Waals surface area contributed by atoms with Gasteiger partial charge in [-0.25, -0.2) is 0 Å². The smallest absolute Gasteiger partial charge is 0.264 e. The molecule has 7 heteroatoms. The van der Waals surface area contributed by atoms with E-state index in [-0.39, 0.29) is 11.8 Å². The van der Waals surface area contributed by atoms with Gasteiger partial charge in [-0.2, -0.15) is 0 Å². The second-order valence-electron chi connectivity index (χ2n) is 5.92. The van der Waals surface area contributed by atoms with Crippen LogP contribution in [0.3, 0.4) is 0 Å². The van der Waals surface area contributed by atoms with Gasteiger partial charge in [0.25, 0.3) is 5.91 Å². The van der Waals surface area contributed by atoms with Crippen LogP contribution in [-0.4, -0.2) is 54.3 Å². The number of carbonyl (C=O) groups excluding carboxylic acids is 2. The van der Waals surface area contributed by atoms with Gasteiger partial charge in [0.05, 0.1) is 4.88 Å². The van der Waals surface area contributed by atoms with Crippen molar-refractivity contribution in [2.45, 2.75) is 6.42 Å². The summed E-state index contributed by atoms with van der Waals surface area (Å²) in [5.41, 5.74) is 0.805. The van der Waals surface area contributed by atoms with Gasteiger partial charge in [0, 0.05) is 49.3 Å². The summed E-state index contributed by atoms with van der Waals surface area (Å²) in [7, 11) is 0. The van der Waals surface area contributed by atoms with Crippen molar-refractivity contribution in [3.05, 3.63) is 51.1 Å². The SMILES string of the molecule is O=C(CCN1CCN(C(=O)c2cccs2)CC1)Nc1ccc(Br)cc1. The molecule has 1 aliphatic heterocycles. The Morgan fingerprint density at radius 2 is 1.80 bits per heavy atom. The van der Waals surface area contributed by atoms with E-state index in [1.165, 1.54) is 11.3 Å². The van der Waals surface area contributed by atoms with Crippen LogP contribution in [0.5, 0.6) is 0 Å². The number of halogens is 1. The predicted octanol–water partition coefficient (Wildman–Crippen LogP) is 3.30. The Balaban J connectivity index is 1.39. The van der Waals surface area contributed by atoms with E-state index in [1.807, 2.05) is 46.7 Å². The third-order valence-corrected chi connectivity index (χ3v) is 5.56. The van der Waals surface area contributed by atoms with Gasteiger partial charge in [-0.05, 0) is 35.7 Å². The Labute approximate surface area is 159 Å². The number of piperazine rings is 1. The highest BCUT2D eigenvalue weighted by molar-refractivity contribution is 9.10. The van der Waals surface area contributed by atoms with Crippen molar-refractivity contribution >= 4 is 44.8 Å². The van der Waals surface area contributed by atoms with E-state index in [9.17, 15) is 9.59 Å². The predicted molar refractivity (Wildman–Crippen MR) is 104 cm³/mol. The topological polar surface area (TPSA) is 52.7 Å². The summed E-state index contributed by atoms with van der Waals surface area (Å²) in [6, 6.07) is 11.3. The fourth-order valence-electron chi connectivity index (χ4n) is 2.75. The molecular formula is C18H20BrN3O2S. The Bertz CT molecular complexity index is 710. The lowest BCUT2D eigenvalue weighted by molar-refractivity contribution is -0.116. The molecule has 0 saturated carbocycles. The molecule has 1 N–H and O–H groups in total. The maximum absolute atomic E-state index is 12.3. The molecule has 0 radical (unpaired) electrons. The monoisotopic (exact) mass is 421 g/mol. The maximum atomic E-state index is 12.3. The average Bonchev–Trinajstić information content (AvgIpc) is 3.16. The summed E-state index contributed by atoms with van der Waals surface area (Å²) in [6.45, 7) is 3.75. The van der Waals surface area contributed by atoms with Gasteiger partial charge in [-0.1, -0.05) is 22.0 Å². The normalized spacial score (nSPS) is 15.2. The quantitative estimate of drug-likeness (QED) is 0.805. The summed E-state index contributed by atoms with van der Waals surface area (Å²) in [4.78, 5) is 29.3. The first kappa shape index (κ1) is 18.1. The number of amides is 2. The van der Waals surface area contributed by atoms with Crippen molar-refractivity contribution in [3.63, 3.8) is 0 Å². The lowest BCUT2D eigenvalue weighted by atomic mass is 10.2. The highest BCUT2D eigenvalue weighted by atomic mass is 79.9. The molecule has 1 aromatic carbocycles. The van der Waals surface area contributed by atoms with E-state index in [1.54, 1.807) is 0 Å². The van der Waals surface area contributed by atoms with Gasteiger partial charge in [-0.15, -0.1) is 11.3 Å². The summed E-state index contributed by atoms with van der Waals surface area (Å²) >= 11 is 4.86. The van der Waals surface area contributed by atoms with Crippen molar-refractivity contribution in [1.82, 2.24) is 9.80 Å². The van der Waals surface area contributed by atoms with E-state index in [4.69, 9.17) is 0 Å². The first-order valence-electron chi connectivity index (χ1n) is 8.22. The molecular weight excluding hydrogens is 402 g/mol. The van der Waals surface area contributed by atoms with Crippen LogP contribution in [0.1, 0.15) is 16.1 Å². The third kappa shape index (κ3) is 5.14. The van der Waals surface area contributed by atoms with Crippen LogP contribution in [-0.2, 0) is 4.79 Å². The molecule has 0 bridgehead atoms. The minimum atomic E-state index is 0.0133. The number of nitrogens with zero attached hydrogens (tertiary/aromatic N) is 2. The molecule has 1 aromatic heterocycles. The number of carbonyl (C=O) groups is 2. The molecule has 1 aliphatic rings. The van der Waals surface area contributed by atoms with Crippen LogP contribution in [0.15, 0.2) is 46.3 Å². The van der Waals surface area contributed by atoms with Gasteiger partial charge in [0.1, 0.15) is 0 Å². The number of benzene rings is 1. The average molecular weight is 422 g/mol. The first-order chi connectivity index (χ1) is 12.1. The standard InChI is InChI=1S/C18H20BrN3O2S/c19-14-3-5-15(6-4-14)20-17(23)7-8-21-9-11-22(12-10-21)18(24)16-2-1-13-25-16/h1-6,13H,7-12H2,(H,20,23). The Morgan fingerprint density at radius 1 is 1.08 bits per heavy atom. The van der Waals surface area contributed by atoms with Crippen molar-refractivity contribution in [2.24, 2.45) is 0 Å². The van der Waals surface area contributed by atoms with E-state index in [0.29, 0.717) is 26.1 Å². The molecule has 2 amide bonds. The minimum absolute atomic E-state index is 0.0133. The molecule has 1 saturated heterocycles. The van der Waals surface area contributed by atoms with Crippen LogP contribution >= 0.6 is 27.3 Å². The molecule has 0 unspecified atom stereocenters. The zero-order chi connectivity index (χ0) is 17.6. The molecule has 2 aromatic rings. The minimum Gasteiger partial charge on any atom is -0.335 e. The first-order valence-corrected chi connectivity index (χ1v) is 9.89. The molecule has 5 nitrogen and oxygen atoms in total. The van der Waals surface area contributed by atoms with Gasteiger partial charge in [0.2, 0.25) is 5.91 Å². The van der Waals surface area contributed by atoms with Crippen molar-refractivity contribution in [3.8, 4) is 0 Å². The van der Waals surface area contributed by atoms with E-state index >= 15 is 0 Å². The highest BCUT2D eigenvalue weighted by Gasteiger charge is 2.22. The van der Waals surface area contributed by atoms with Crippen LogP contribution in [0.25, 0.3) is 0 Å². The van der Waals surface area contributed by atoms with Crippen LogP contribution < -0.4 is 5.32 Å². The summed E-state index contributed by atoms with van der Waals surface area (Å²) in [5.74, 6) is 0.127. The number of anilines is 1. The van der Waals surface area contributed by atoms with Crippen molar-refractivity contribution in [2.75, 3.05) is 38.0 Å². The lowest BCUT2D eigenvalue weighted by Gasteiger charge is -2.34. The van der Waals surface area contributed by atoms with Crippen molar-refractivity contribution < 1.29 is 9.59 Å². The summed E-state index contributed by atoms with van der Waals surface area (Å²) in [5, 5.41) is 4.83. The number of rotatable bonds is 5. The third-order valence-electron chi connectivity index (χ3n) is 4.17. The Hall–Kier alpha value is -1.70. The van der Waals surface area contributed by atoms with E-state index < -0.39 is 0 Å². The molecule has 0 aliphatic carbocycles. The summed E-state index contributed by atoms with van der Waals surface area (Å²) < 4.78 is 0.987. The molecule has 2 heterocycles. The Kier molecular flexibility index (Phi) is 6.23. The van der Waals surface area contributed by atoms with Gasteiger partial charge >= 0.3 is 0 Å². The molecule has 0 spiro atoms. The Morgan fingerprint density at radius 3 is 2.44 bits per heavy atom. The largest absolute Gasteiger partial charge is 0.335 e. The van der Waals surface area contributed by atoms with Crippen LogP contribution in [0, 0.1) is 0 Å². The van der Waals surface area contributed by atoms with Crippen molar-refractivity contribution in [1.29, 1.82) is 0 Å². The van der Waals surface area contributed by atoms with Gasteiger partial charge in [0.15, 0.2) is 0 Å². The van der Waals surface area contributed by atoms with Crippen LogP contribution in [0.2, 0.25) is 0 Å². The number of nitrogens with one attached hydrogen (secondary N) is 1. The van der Waals surface area contributed by atoms with Gasteiger partial charge in [-0.3, -0.25) is 14.5 Å². The fraction of sp³-hybridized carbons (Fsp3) is 0.333. The highest BCUT2D eigenvalue weighted by Crippen LogP contribution is 2.15. The zero-order valence-corrected chi connectivity index (χ0v) is 16.2. The number of hydrogen-bond acceptors (Lipinski definition) is 4. The van der Waals surface area contributed by atoms with E-state index in [0.717, 1.165) is 28.1 Å². The molecule has 3 rings (SSSR count). The number of hydrogen-bond donors (Lipinski definition) is 1. The molecule has 1 fully saturated rings. The lowest BCUT2D eigenvalue weighted by Crippen LogP contribution is -2.49. The summed E-state index contributed by atoms with van der Waals surface area (Å²) in [6.07, 6.45) is 0.453. The molecule has 132 valence electrons.